The van der Waals surface area contributed by atoms with Crippen molar-refractivity contribution >= 4 is 39.1 Å². The van der Waals surface area contributed by atoms with Crippen molar-refractivity contribution in [2.75, 3.05) is 0 Å². The number of aryl methyl sites for hydroxylation is 3. The second-order valence-corrected chi connectivity index (χ2v) is 7.94. The van der Waals surface area contributed by atoms with Crippen LogP contribution in [0.4, 0.5) is 0 Å². The molecule has 7 heteroatoms. The first-order valence-electron chi connectivity index (χ1n) is 8.36. The number of nitrogens with one attached hydrogen (secondary N) is 1. The van der Waals surface area contributed by atoms with Crippen LogP contribution in [-0.4, -0.2) is 15.5 Å². The van der Waals surface area contributed by atoms with Crippen molar-refractivity contribution in [1.29, 1.82) is 0 Å². The summed E-state index contributed by atoms with van der Waals surface area (Å²) in [6.07, 6.45) is 1.73. The third-order valence-corrected chi connectivity index (χ3v) is 5.81. The molecule has 0 aliphatic rings. The molecule has 5 nitrogen and oxygen atoms in total. The molecule has 0 aliphatic carbocycles. The molecule has 3 rings (SSSR count). The molecular formula is C19H20ClN3O2S. The number of amides is 1. The van der Waals surface area contributed by atoms with E-state index in [9.17, 15) is 9.59 Å². The summed E-state index contributed by atoms with van der Waals surface area (Å²) in [6, 6.07) is 7.24. The van der Waals surface area contributed by atoms with Gasteiger partial charge in [0.15, 0.2) is 0 Å². The smallest absolute Gasteiger partial charge is 0.262 e. The summed E-state index contributed by atoms with van der Waals surface area (Å²) < 4.78 is 1.51. The normalized spacial score (nSPS) is 12.3. The molecule has 1 amide bonds. The maximum Gasteiger partial charge on any atom is 0.262 e. The van der Waals surface area contributed by atoms with Crippen molar-refractivity contribution in [3.63, 3.8) is 0 Å². The average Bonchev–Trinajstić information content (AvgIpc) is 2.89. The summed E-state index contributed by atoms with van der Waals surface area (Å²) in [5, 5.41) is 4.22. The number of hydrogen-bond acceptors (Lipinski definition) is 4. The predicted octanol–water partition coefficient (Wildman–Crippen LogP) is 4.00. The first-order valence-corrected chi connectivity index (χ1v) is 9.56. The van der Waals surface area contributed by atoms with Crippen molar-refractivity contribution in [2.24, 2.45) is 0 Å². The Labute approximate surface area is 160 Å². The number of halogens is 1. The SMILES string of the molecule is Cc1sc2ncn(CCC(=O)NC(C)c3cccc(Cl)c3)c(=O)c2c1C. The molecule has 0 fully saturated rings. The Balaban J connectivity index is 1.68. The van der Waals surface area contributed by atoms with E-state index in [1.54, 1.807) is 6.07 Å². The van der Waals surface area contributed by atoms with Crippen LogP contribution in [0, 0.1) is 13.8 Å². The van der Waals surface area contributed by atoms with E-state index < -0.39 is 0 Å². The molecule has 3 aromatic rings. The molecular weight excluding hydrogens is 370 g/mol. The molecule has 2 aromatic heterocycles. The molecule has 0 bridgehead atoms. The lowest BCUT2D eigenvalue weighted by Crippen LogP contribution is -2.29. The van der Waals surface area contributed by atoms with Gasteiger partial charge in [-0.25, -0.2) is 4.98 Å². The third-order valence-electron chi connectivity index (χ3n) is 4.46. The molecule has 26 heavy (non-hydrogen) atoms. The van der Waals surface area contributed by atoms with Gasteiger partial charge >= 0.3 is 0 Å². The van der Waals surface area contributed by atoms with Gasteiger partial charge in [0, 0.05) is 22.9 Å². The predicted molar refractivity (Wildman–Crippen MR) is 106 cm³/mol. The topological polar surface area (TPSA) is 64.0 Å². The van der Waals surface area contributed by atoms with Crippen LogP contribution in [0.3, 0.4) is 0 Å². The monoisotopic (exact) mass is 389 g/mol. The first-order chi connectivity index (χ1) is 12.4. The summed E-state index contributed by atoms with van der Waals surface area (Å²) in [4.78, 5) is 31.1. The van der Waals surface area contributed by atoms with Gasteiger partial charge in [-0.15, -0.1) is 11.3 Å². The summed E-state index contributed by atoms with van der Waals surface area (Å²) >= 11 is 7.51. The second-order valence-electron chi connectivity index (χ2n) is 6.30. The number of benzene rings is 1. The van der Waals surface area contributed by atoms with Crippen LogP contribution in [0.15, 0.2) is 35.4 Å². The number of carbonyl (C=O) groups excluding carboxylic acids is 1. The van der Waals surface area contributed by atoms with Crippen LogP contribution in [0.25, 0.3) is 10.2 Å². The Bertz CT molecular complexity index is 1030. The summed E-state index contributed by atoms with van der Waals surface area (Å²) in [5.41, 5.74) is 1.82. The van der Waals surface area contributed by atoms with Gasteiger partial charge in [-0.1, -0.05) is 23.7 Å². The molecule has 0 saturated carbocycles. The number of carbonyl (C=O) groups is 1. The van der Waals surface area contributed by atoms with Crippen LogP contribution in [0.1, 0.15) is 35.4 Å². The highest BCUT2D eigenvalue weighted by Crippen LogP contribution is 2.25. The van der Waals surface area contributed by atoms with Crippen LogP contribution in [-0.2, 0) is 11.3 Å². The molecule has 136 valence electrons. The van der Waals surface area contributed by atoms with E-state index in [1.165, 1.54) is 22.2 Å². The van der Waals surface area contributed by atoms with E-state index in [2.05, 4.69) is 10.3 Å². The van der Waals surface area contributed by atoms with E-state index in [1.807, 2.05) is 39.0 Å². The number of rotatable bonds is 5. The number of fused-ring (bicyclic) bond motifs is 1. The highest BCUT2D eigenvalue weighted by atomic mass is 35.5. The van der Waals surface area contributed by atoms with Crippen LogP contribution >= 0.6 is 22.9 Å². The molecule has 0 radical (unpaired) electrons. The number of hydrogen-bond donors (Lipinski definition) is 1. The van der Waals surface area contributed by atoms with Gasteiger partial charge in [0.1, 0.15) is 4.83 Å². The molecule has 0 aliphatic heterocycles. The Morgan fingerprint density at radius 3 is 2.88 bits per heavy atom. The number of thiophene rings is 1. The summed E-state index contributed by atoms with van der Waals surface area (Å²) in [6.45, 7) is 6.11. The van der Waals surface area contributed by atoms with Gasteiger partial charge in [-0.2, -0.15) is 0 Å². The van der Waals surface area contributed by atoms with Crippen molar-refractivity contribution in [1.82, 2.24) is 14.9 Å². The Morgan fingerprint density at radius 2 is 2.15 bits per heavy atom. The van der Waals surface area contributed by atoms with Crippen molar-refractivity contribution < 1.29 is 4.79 Å². The van der Waals surface area contributed by atoms with Crippen molar-refractivity contribution in [3.05, 3.63) is 62.0 Å². The number of nitrogens with zero attached hydrogens (tertiary/aromatic N) is 2. The first kappa shape index (κ1) is 18.6. The maximum atomic E-state index is 12.6. The highest BCUT2D eigenvalue weighted by Gasteiger charge is 2.14. The van der Waals surface area contributed by atoms with Crippen molar-refractivity contribution in [2.45, 2.75) is 39.8 Å². The Morgan fingerprint density at radius 1 is 1.38 bits per heavy atom. The molecule has 1 unspecified atom stereocenters. The zero-order chi connectivity index (χ0) is 18.8. The Kier molecular flexibility index (Phi) is 5.44. The minimum Gasteiger partial charge on any atom is -0.350 e. The fraction of sp³-hybridized carbons (Fsp3) is 0.316. The standard InChI is InChI=1S/C19H20ClN3O2S/c1-11-13(3)26-18-17(11)19(25)23(10-21-18)8-7-16(24)22-12(2)14-5-4-6-15(20)9-14/h4-6,9-10,12H,7-8H2,1-3H3,(H,22,24). The van der Waals surface area contributed by atoms with E-state index in [0.717, 1.165) is 20.8 Å². The highest BCUT2D eigenvalue weighted by molar-refractivity contribution is 7.18. The van der Waals surface area contributed by atoms with Crippen molar-refractivity contribution in [3.8, 4) is 0 Å². The largest absolute Gasteiger partial charge is 0.350 e. The van der Waals surface area contributed by atoms with Gasteiger partial charge in [-0.3, -0.25) is 14.2 Å². The molecule has 1 atom stereocenters. The maximum absolute atomic E-state index is 12.6. The van der Waals surface area contributed by atoms with E-state index in [4.69, 9.17) is 11.6 Å². The minimum atomic E-state index is -0.153. The van der Waals surface area contributed by atoms with Gasteiger partial charge in [-0.05, 0) is 44.0 Å². The van der Waals surface area contributed by atoms with Crippen LogP contribution in [0.2, 0.25) is 5.02 Å². The molecule has 0 saturated heterocycles. The third kappa shape index (κ3) is 3.81. The van der Waals surface area contributed by atoms with Crippen LogP contribution in [0.5, 0.6) is 0 Å². The van der Waals surface area contributed by atoms with E-state index in [-0.39, 0.29) is 23.9 Å². The fourth-order valence-corrected chi connectivity index (χ4v) is 4.01. The molecule has 1 N–H and O–H groups in total. The lowest BCUT2D eigenvalue weighted by molar-refractivity contribution is -0.121. The van der Waals surface area contributed by atoms with E-state index in [0.29, 0.717) is 17.0 Å². The zero-order valence-electron chi connectivity index (χ0n) is 14.9. The van der Waals surface area contributed by atoms with Crippen LogP contribution < -0.4 is 10.9 Å². The minimum absolute atomic E-state index is 0.0902. The van der Waals surface area contributed by atoms with Gasteiger partial charge < -0.3 is 5.32 Å². The van der Waals surface area contributed by atoms with Gasteiger partial charge in [0.05, 0.1) is 17.8 Å². The summed E-state index contributed by atoms with van der Waals surface area (Å²) in [5.74, 6) is -0.123. The number of aromatic nitrogens is 2. The Hall–Kier alpha value is -2.18. The fourth-order valence-electron chi connectivity index (χ4n) is 2.82. The van der Waals surface area contributed by atoms with Gasteiger partial charge in [0.2, 0.25) is 5.91 Å². The summed E-state index contributed by atoms with van der Waals surface area (Å²) in [7, 11) is 0. The molecule has 0 spiro atoms. The lowest BCUT2D eigenvalue weighted by atomic mass is 10.1. The van der Waals surface area contributed by atoms with Gasteiger partial charge in [0.25, 0.3) is 5.56 Å². The lowest BCUT2D eigenvalue weighted by Gasteiger charge is -2.15. The molecule has 1 aromatic carbocycles. The zero-order valence-corrected chi connectivity index (χ0v) is 16.4. The molecule has 2 heterocycles. The quantitative estimate of drug-likeness (QED) is 0.717. The second kappa shape index (κ2) is 7.60. The average molecular weight is 390 g/mol. The van der Waals surface area contributed by atoms with E-state index >= 15 is 0 Å².